The molecule has 0 aromatic heterocycles. The number of ether oxygens (including phenoxy) is 1. The lowest BCUT2D eigenvalue weighted by Gasteiger charge is -2.12. The van der Waals surface area contributed by atoms with Crippen LogP contribution in [0.25, 0.3) is 0 Å². The smallest absolute Gasteiger partial charge is 0.391 e. The van der Waals surface area contributed by atoms with E-state index in [1.54, 1.807) is 12.1 Å². The van der Waals surface area contributed by atoms with Gasteiger partial charge < -0.3 is 19.0 Å². The van der Waals surface area contributed by atoms with E-state index in [-0.39, 0.29) is 0 Å². The van der Waals surface area contributed by atoms with Crippen LogP contribution in [0, 0.1) is 0 Å². The Kier molecular flexibility index (Phi) is 5.53. The number of benzene rings is 1. The molecule has 0 bridgehead atoms. The van der Waals surface area contributed by atoms with Gasteiger partial charge in [0.1, 0.15) is 11.5 Å². The Labute approximate surface area is 96.8 Å². The Morgan fingerprint density at radius 3 is 2.56 bits per heavy atom. The molecule has 0 atom stereocenters. The zero-order valence-electron chi connectivity index (χ0n) is 9.51. The van der Waals surface area contributed by atoms with Crippen molar-refractivity contribution >= 4 is 8.60 Å². The van der Waals surface area contributed by atoms with E-state index >= 15 is 0 Å². The first-order valence-electron chi connectivity index (χ1n) is 5.29. The lowest BCUT2D eigenvalue weighted by Crippen LogP contribution is -1.96. The second-order valence-corrected chi connectivity index (χ2v) is 3.98. The van der Waals surface area contributed by atoms with E-state index in [4.69, 9.17) is 19.0 Å². The van der Waals surface area contributed by atoms with E-state index in [2.05, 4.69) is 6.92 Å². The highest BCUT2D eigenvalue weighted by Crippen LogP contribution is 2.34. The second kappa shape index (κ2) is 6.69. The van der Waals surface area contributed by atoms with Crippen molar-refractivity contribution in [2.45, 2.75) is 26.7 Å². The van der Waals surface area contributed by atoms with Gasteiger partial charge in [0.05, 0.1) is 6.61 Å². The summed E-state index contributed by atoms with van der Waals surface area (Å²) >= 11 is 0. The summed E-state index contributed by atoms with van der Waals surface area (Å²) in [7, 11) is -2.36. The minimum atomic E-state index is -2.36. The summed E-state index contributed by atoms with van der Waals surface area (Å²) in [6.07, 6.45) is 1.78. The molecule has 0 saturated heterocycles. The molecule has 1 aromatic rings. The summed E-state index contributed by atoms with van der Waals surface area (Å²) in [5.74, 6) is 1.29. The quantitative estimate of drug-likeness (QED) is 0.755. The molecule has 0 heterocycles. The molecule has 2 N–H and O–H groups in total. The van der Waals surface area contributed by atoms with E-state index in [0.29, 0.717) is 12.4 Å². The molecule has 1 aromatic carbocycles. The maximum Gasteiger partial charge on any atom is 0.391 e. The fraction of sp³-hybridized carbons (Fsp3) is 0.455. The van der Waals surface area contributed by atoms with Gasteiger partial charge in [0, 0.05) is 0 Å². The molecule has 0 spiro atoms. The van der Waals surface area contributed by atoms with E-state index < -0.39 is 8.60 Å². The van der Waals surface area contributed by atoms with Crippen molar-refractivity contribution in [1.82, 2.24) is 0 Å². The highest BCUT2D eigenvalue weighted by atomic mass is 31.2. The lowest BCUT2D eigenvalue weighted by atomic mass is 10.1. The molecule has 0 radical (unpaired) electrons. The highest BCUT2D eigenvalue weighted by molar-refractivity contribution is 7.39. The van der Waals surface area contributed by atoms with Crippen molar-refractivity contribution in [2.75, 3.05) is 6.61 Å². The van der Waals surface area contributed by atoms with Gasteiger partial charge in [-0.1, -0.05) is 13.3 Å². The average Bonchev–Trinajstić information content (AvgIpc) is 2.22. The van der Waals surface area contributed by atoms with E-state index in [9.17, 15) is 0 Å². The predicted octanol–water partition coefficient (Wildman–Crippen LogP) is 2.63. The minimum Gasteiger partial charge on any atom is -0.494 e. The van der Waals surface area contributed by atoms with Crippen molar-refractivity contribution in [1.29, 1.82) is 0 Å². The lowest BCUT2D eigenvalue weighted by molar-refractivity contribution is 0.338. The molecule has 1 rings (SSSR count). The molecule has 4 nitrogen and oxygen atoms in total. The van der Waals surface area contributed by atoms with Crippen molar-refractivity contribution in [3.8, 4) is 11.5 Å². The average molecular weight is 244 g/mol. The van der Waals surface area contributed by atoms with E-state index in [1.807, 2.05) is 13.0 Å². The largest absolute Gasteiger partial charge is 0.494 e. The molecule has 16 heavy (non-hydrogen) atoms. The van der Waals surface area contributed by atoms with Gasteiger partial charge in [0.2, 0.25) is 0 Å². The van der Waals surface area contributed by atoms with E-state index in [0.717, 1.165) is 24.2 Å². The summed E-state index contributed by atoms with van der Waals surface area (Å²) in [4.78, 5) is 17.7. The van der Waals surface area contributed by atoms with Crippen molar-refractivity contribution in [3.63, 3.8) is 0 Å². The molecular weight excluding hydrogens is 227 g/mol. The highest BCUT2D eigenvalue weighted by Gasteiger charge is 2.09. The first kappa shape index (κ1) is 13.2. The molecular formula is C11H17O4P. The Hall–Kier alpha value is -0.830. The first-order valence-corrected chi connectivity index (χ1v) is 6.45. The zero-order chi connectivity index (χ0) is 12.0. The van der Waals surface area contributed by atoms with Crippen LogP contribution >= 0.6 is 8.60 Å². The van der Waals surface area contributed by atoms with Gasteiger partial charge >= 0.3 is 8.60 Å². The van der Waals surface area contributed by atoms with Gasteiger partial charge in [0.25, 0.3) is 0 Å². The molecule has 0 aliphatic carbocycles. The van der Waals surface area contributed by atoms with Gasteiger partial charge in [-0.15, -0.1) is 0 Å². The molecule has 0 amide bonds. The summed E-state index contributed by atoms with van der Waals surface area (Å²) < 4.78 is 10.3. The van der Waals surface area contributed by atoms with Crippen LogP contribution in [0.15, 0.2) is 18.2 Å². The summed E-state index contributed by atoms with van der Waals surface area (Å²) in [5.41, 5.74) is 0.934. The third-order valence-electron chi connectivity index (χ3n) is 2.04. The number of aryl methyl sites for hydroxylation is 1. The molecule has 0 unspecified atom stereocenters. The molecule has 0 aliphatic rings. The monoisotopic (exact) mass is 244 g/mol. The van der Waals surface area contributed by atoms with Crippen LogP contribution in [0.1, 0.15) is 25.8 Å². The fourth-order valence-electron chi connectivity index (χ4n) is 1.45. The van der Waals surface area contributed by atoms with Crippen molar-refractivity contribution < 1.29 is 19.0 Å². The van der Waals surface area contributed by atoms with Crippen LogP contribution in [0.2, 0.25) is 0 Å². The molecule has 5 heteroatoms. The summed E-state index contributed by atoms with van der Waals surface area (Å²) in [6, 6.07) is 5.34. The third kappa shape index (κ3) is 3.97. The summed E-state index contributed by atoms with van der Waals surface area (Å²) in [6.45, 7) is 4.58. The number of hydrogen-bond donors (Lipinski definition) is 2. The second-order valence-electron chi connectivity index (χ2n) is 3.30. The molecule has 0 saturated carbocycles. The molecule has 0 fully saturated rings. The van der Waals surface area contributed by atoms with E-state index in [1.165, 1.54) is 0 Å². The standard InChI is InChI=1S/C11H17O4P/c1-3-5-9-8-10(14-4-2)6-7-11(9)15-16(12)13/h6-8,12-13H,3-5H2,1-2H3. The predicted molar refractivity (Wildman–Crippen MR) is 63.6 cm³/mol. The zero-order valence-corrected chi connectivity index (χ0v) is 10.4. The SMILES string of the molecule is CCCc1cc(OCC)ccc1OP(O)O. The Morgan fingerprint density at radius 1 is 1.25 bits per heavy atom. The maximum atomic E-state index is 8.84. The minimum absolute atomic E-state index is 0.515. The van der Waals surface area contributed by atoms with Gasteiger partial charge in [-0.25, -0.2) is 0 Å². The Bertz CT molecular complexity index is 328. The van der Waals surface area contributed by atoms with Gasteiger partial charge in [-0.3, -0.25) is 0 Å². The fourth-order valence-corrected chi connectivity index (χ4v) is 1.81. The molecule has 90 valence electrons. The van der Waals surface area contributed by atoms with Crippen LogP contribution < -0.4 is 9.26 Å². The van der Waals surface area contributed by atoms with Crippen LogP contribution in [0.5, 0.6) is 11.5 Å². The first-order chi connectivity index (χ1) is 7.67. The normalized spacial score (nSPS) is 10.6. The van der Waals surface area contributed by atoms with Crippen LogP contribution in [-0.2, 0) is 6.42 Å². The van der Waals surface area contributed by atoms with Crippen molar-refractivity contribution in [3.05, 3.63) is 23.8 Å². The number of rotatable bonds is 6. The van der Waals surface area contributed by atoms with Crippen LogP contribution in [-0.4, -0.2) is 16.4 Å². The molecule has 0 aliphatic heterocycles. The van der Waals surface area contributed by atoms with Crippen molar-refractivity contribution in [2.24, 2.45) is 0 Å². The topological polar surface area (TPSA) is 58.9 Å². The number of hydrogen-bond acceptors (Lipinski definition) is 4. The van der Waals surface area contributed by atoms with Crippen LogP contribution in [0.4, 0.5) is 0 Å². The van der Waals surface area contributed by atoms with Gasteiger partial charge in [-0.05, 0) is 37.1 Å². The Balaban J connectivity index is 2.89. The van der Waals surface area contributed by atoms with Gasteiger partial charge in [0.15, 0.2) is 0 Å². The Morgan fingerprint density at radius 2 is 2.00 bits per heavy atom. The van der Waals surface area contributed by atoms with Gasteiger partial charge in [-0.2, -0.15) is 0 Å². The maximum absolute atomic E-state index is 8.84. The third-order valence-corrected chi connectivity index (χ3v) is 2.40. The summed E-state index contributed by atoms with van der Waals surface area (Å²) in [5, 5.41) is 0. The van der Waals surface area contributed by atoms with Crippen LogP contribution in [0.3, 0.4) is 0 Å².